The molecule has 0 bridgehead atoms. The summed E-state index contributed by atoms with van der Waals surface area (Å²) in [7, 11) is 1.57. The Kier molecular flexibility index (Phi) is 7.56. The Morgan fingerprint density at radius 1 is 0.893 bits per heavy atom. The number of hydrogen-bond acceptors (Lipinski definition) is 4. The maximum Gasteiger partial charge on any atom is 0.253 e. The summed E-state index contributed by atoms with van der Waals surface area (Å²) in [4.78, 5) is 37.9. The smallest absolute Gasteiger partial charge is 0.253 e. The van der Waals surface area contributed by atoms with Gasteiger partial charge in [0.05, 0.1) is 6.54 Å². The summed E-state index contributed by atoms with van der Waals surface area (Å²) in [6, 6.07) is 13.7. The van der Waals surface area contributed by atoms with Crippen LogP contribution in [0, 0.1) is 0 Å². The number of carbonyl (C=O) groups excluding carboxylic acids is 3. The van der Waals surface area contributed by atoms with Crippen LogP contribution in [0.3, 0.4) is 0 Å². The molecule has 0 spiro atoms. The van der Waals surface area contributed by atoms with Crippen LogP contribution >= 0.6 is 0 Å². The number of carbonyl (C=O) groups is 3. The number of nitrogens with zero attached hydrogens (tertiary/aromatic N) is 1. The van der Waals surface area contributed by atoms with Gasteiger partial charge in [-0.2, -0.15) is 0 Å². The maximum atomic E-state index is 12.4. The summed E-state index contributed by atoms with van der Waals surface area (Å²) >= 11 is 0. The average molecular weight is 382 g/mol. The van der Waals surface area contributed by atoms with Crippen LogP contribution in [-0.4, -0.2) is 49.3 Å². The predicted octanol–water partition coefficient (Wildman–Crippen LogP) is 2.58. The minimum absolute atomic E-state index is 0.0598. The predicted molar refractivity (Wildman–Crippen MR) is 111 cm³/mol. The highest BCUT2D eigenvalue weighted by Gasteiger charge is 2.13. The summed E-state index contributed by atoms with van der Waals surface area (Å²) in [5.74, 6) is -0.457. The lowest BCUT2D eigenvalue weighted by Gasteiger charge is -2.19. The molecular weight excluding hydrogens is 356 g/mol. The van der Waals surface area contributed by atoms with E-state index in [9.17, 15) is 14.4 Å². The molecule has 0 saturated heterocycles. The quantitative estimate of drug-likeness (QED) is 0.654. The van der Waals surface area contributed by atoms with Crippen molar-refractivity contribution in [2.45, 2.75) is 13.8 Å². The molecular formula is C21H26N4O3. The third kappa shape index (κ3) is 5.57. The lowest BCUT2D eigenvalue weighted by molar-refractivity contribution is -0.114. The summed E-state index contributed by atoms with van der Waals surface area (Å²) in [5.41, 5.74) is 2.39. The molecule has 0 aromatic heterocycles. The molecule has 3 amide bonds. The van der Waals surface area contributed by atoms with Gasteiger partial charge in [-0.15, -0.1) is 0 Å². The number of hydrogen-bond donors (Lipinski definition) is 3. The van der Waals surface area contributed by atoms with E-state index in [1.807, 2.05) is 13.8 Å². The molecule has 0 fully saturated rings. The highest BCUT2D eigenvalue weighted by molar-refractivity contribution is 5.98. The topological polar surface area (TPSA) is 90.5 Å². The fourth-order valence-corrected chi connectivity index (χ4v) is 2.69. The third-order valence-corrected chi connectivity index (χ3v) is 4.27. The molecule has 7 nitrogen and oxygen atoms in total. The van der Waals surface area contributed by atoms with E-state index in [0.29, 0.717) is 29.9 Å². The van der Waals surface area contributed by atoms with Crippen LogP contribution in [0.4, 0.5) is 11.4 Å². The van der Waals surface area contributed by atoms with E-state index in [2.05, 4.69) is 16.0 Å². The van der Waals surface area contributed by atoms with Gasteiger partial charge in [0, 0.05) is 42.6 Å². The van der Waals surface area contributed by atoms with Gasteiger partial charge >= 0.3 is 0 Å². The van der Waals surface area contributed by atoms with Gasteiger partial charge in [0.25, 0.3) is 11.8 Å². The van der Waals surface area contributed by atoms with E-state index in [1.165, 1.54) is 0 Å². The van der Waals surface area contributed by atoms with Crippen LogP contribution < -0.4 is 16.0 Å². The van der Waals surface area contributed by atoms with E-state index in [0.717, 1.165) is 5.69 Å². The summed E-state index contributed by atoms with van der Waals surface area (Å²) in [6.07, 6.45) is 0. The number of nitrogens with one attached hydrogen (secondary N) is 3. The minimum Gasteiger partial charge on any atom is -0.376 e. The summed E-state index contributed by atoms with van der Waals surface area (Å²) in [6.45, 7) is 5.19. The zero-order valence-electron chi connectivity index (χ0n) is 16.4. The summed E-state index contributed by atoms with van der Waals surface area (Å²) in [5, 5.41) is 8.34. The molecule has 148 valence electrons. The zero-order valence-corrected chi connectivity index (χ0v) is 16.4. The second-order valence-electron chi connectivity index (χ2n) is 6.12. The normalized spacial score (nSPS) is 10.1. The van der Waals surface area contributed by atoms with Gasteiger partial charge < -0.3 is 20.9 Å². The number of rotatable bonds is 8. The Bertz CT molecular complexity index is 830. The molecule has 28 heavy (non-hydrogen) atoms. The second-order valence-corrected chi connectivity index (χ2v) is 6.12. The lowest BCUT2D eigenvalue weighted by Crippen LogP contribution is -2.30. The zero-order chi connectivity index (χ0) is 20.5. The highest BCUT2D eigenvalue weighted by Crippen LogP contribution is 2.13. The van der Waals surface area contributed by atoms with Gasteiger partial charge in [-0.1, -0.05) is 6.07 Å². The Morgan fingerprint density at radius 3 is 2.18 bits per heavy atom. The van der Waals surface area contributed by atoms with E-state index in [1.54, 1.807) is 60.5 Å². The molecule has 2 aromatic rings. The first kappa shape index (κ1) is 21.0. The summed E-state index contributed by atoms with van der Waals surface area (Å²) < 4.78 is 0. The molecule has 7 heteroatoms. The molecule has 0 radical (unpaired) electrons. The van der Waals surface area contributed by atoms with Crippen molar-refractivity contribution in [2.24, 2.45) is 0 Å². The van der Waals surface area contributed by atoms with Gasteiger partial charge in [0.15, 0.2) is 0 Å². The van der Waals surface area contributed by atoms with Crippen LogP contribution in [0.25, 0.3) is 0 Å². The molecule has 0 heterocycles. The molecule has 0 aliphatic heterocycles. The van der Waals surface area contributed by atoms with Crippen molar-refractivity contribution in [3.63, 3.8) is 0 Å². The van der Waals surface area contributed by atoms with Crippen molar-refractivity contribution in [3.8, 4) is 0 Å². The van der Waals surface area contributed by atoms with Gasteiger partial charge in [0.1, 0.15) is 0 Å². The maximum absolute atomic E-state index is 12.4. The Balaban J connectivity index is 1.93. The largest absolute Gasteiger partial charge is 0.376 e. The van der Waals surface area contributed by atoms with Crippen molar-refractivity contribution in [1.82, 2.24) is 10.2 Å². The fourth-order valence-electron chi connectivity index (χ4n) is 2.69. The second kappa shape index (κ2) is 10.1. The van der Waals surface area contributed by atoms with Crippen LogP contribution in [0.5, 0.6) is 0 Å². The third-order valence-electron chi connectivity index (χ3n) is 4.27. The molecule has 0 aliphatic carbocycles. The lowest BCUT2D eigenvalue weighted by atomic mass is 10.1. The van der Waals surface area contributed by atoms with Crippen molar-refractivity contribution >= 4 is 29.1 Å². The first-order valence-electron chi connectivity index (χ1n) is 9.23. The highest BCUT2D eigenvalue weighted by atomic mass is 16.2. The molecule has 3 N–H and O–H groups in total. The van der Waals surface area contributed by atoms with Crippen LogP contribution in [0.2, 0.25) is 0 Å². The van der Waals surface area contributed by atoms with Crippen LogP contribution in [0.15, 0.2) is 48.5 Å². The standard InChI is InChI=1S/C21H26N4O3/c1-4-25(5-2)21(28)16-7-6-8-18(13-16)24-19(26)14-23-17-11-9-15(10-12-17)20(27)22-3/h6-13,23H,4-5,14H2,1-3H3,(H,22,27)(H,24,26). The van der Waals surface area contributed by atoms with E-state index in [-0.39, 0.29) is 24.3 Å². The Morgan fingerprint density at radius 2 is 1.57 bits per heavy atom. The average Bonchev–Trinajstić information content (AvgIpc) is 2.73. The fraction of sp³-hybridized carbons (Fsp3) is 0.286. The van der Waals surface area contributed by atoms with Crippen LogP contribution in [0.1, 0.15) is 34.6 Å². The van der Waals surface area contributed by atoms with Gasteiger partial charge in [-0.05, 0) is 56.3 Å². The Hall–Kier alpha value is -3.35. The van der Waals surface area contributed by atoms with Crippen LogP contribution in [-0.2, 0) is 4.79 Å². The van der Waals surface area contributed by atoms with E-state index >= 15 is 0 Å². The minimum atomic E-state index is -0.234. The number of benzene rings is 2. The first-order chi connectivity index (χ1) is 13.5. The molecule has 2 rings (SSSR count). The molecule has 0 unspecified atom stereocenters. The van der Waals surface area contributed by atoms with Crippen molar-refractivity contribution < 1.29 is 14.4 Å². The van der Waals surface area contributed by atoms with E-state index in [4.69, 9.17) is 0 Å². The Labute approximate surface area is 165 Å². The molecule has 2 aromatic carbocycles. The first-order valence-corrected chi connectivity index (χ1v) is 9.23. The number of anilines is 2. The molecule has 0 aliphatic rings. The van der Waals surface area contributed by atoms with Crippen molar-refractivity contribution in [2.75, 3.05) is 37.3 Å². The van der Waals surface area contributed by atoms with E-state index < -0.39 is 0 Å². The van der Waals surface area contributed by atoms with Gasteiger partial charge in [-0.3, -0.25) is 14.4 Å². The SMILES string of the molecule is CCN(CC)C(=O)c1cccc(NC(=O)CNc2ccc(C(=O)NC)cc2)c1. The molecule has 0 saturated carbocycles. The van der Waals surface area contributed by atoms with Crippen molar-refractivity contribution in [3.05, 3.63) is 59.7 Å². The monoisotopic (exact) mass is 382 g/mol. The van der Waals surface area contributed by atoms with Crippen molar-refractivity contribution in [1.29, 1.82) is 0 Å². The number of amides is 3. The van der Waals surface area contributed by atoms with Gasteiger partial charge in [-0.25, -0.2) is 0 Å². The molecule has 0 atom stereocenters. The van der Waals surface area contributed by atoms with Gasteiger partial charge in [0.2, 0.25) is 5.91 Å².